The van der Waals surface area contributed by atoms with Crippen LogP contribution in [0.1, 0.15) is 135 Å². The number of H-pyrrole nitrogens is 2. The third kappa shape index (κ3) is 28.3. The first-order valence-electron chi connectivity index (χ1n) is 43.6. The van der Waals surface area contributed by atoms with Gasteiger partial charge in [0.1, 0.15) is 90.3 Å². The van der Waals surface area contributed by atoms with Crippen LogP contribution in [0.2, 0.25) is 0 Å². The van der Waals surface area contributed by atoms with Crippen molar-refractivity contribution in [1.82, 2.24) is 93.0 Å². The van der Waals surface area contributed by atoms with E-state index in [0.717, 1.165) is 31.4 Å². The number of aliphatic hydroxyl groups is 2. The molecule has 5 heterocycles. The zero-order chi connectivity index (χ0) is 94.6. The van der Waals surface area contributed by atoms with Crippen molar-refractivity contribution in [3.8, 4) is 5.75 Å². The summed E-state index contributed by atoms with van der Waals surface area (Å²) in [5.41, 5.74) is 20.0. The number of carbonyl (C=O) groups is 16. The van der Waals surface area contributed by atoms with Crippen molar-refractivity contribution in [3.05, 3.63) is 102 Å². The molecular formula is C87H126N22O19S. The number of nitrogens with two attached hydrogens (primary N) is 3. The van der Waals surface area contributed by atoms with Gasteiger partial charge in [-0.3, -0.25) is 82.1 Å². The Balaban J connectivity index is 1.17. The normalized spacial score (nSPS) is 25.4. The highest BCUT2D eigenvalue weighted by Gasteiger charge is 2.46. The average Bonchev–Trinajstić information content (AvgIpc) is 1.78. The minimum absolute atomic E-state index is 0.000470. The third-order valence-electron chi connectivity index (χ3n) is 23.3. The number of fused-ring (bicyclic) bond motifs is 4. The smallest absolute Gasteiger partial charge is 0.247 e. The summed E-state index contributed by atoms with van der Waals surface area (Å²) in [4.78, 5) is 246. The molecule has 3 fully saturated rings. The summed E-state index contributed by atoms with van der Waals surface area (Å²) in [5, 5.41) is 70.8. The minimum Gasteiger partial charge on any atom is -0.508 e. The molecule has 2 aromatic heterocycles. The number of benzene rings is 3. The number of hydrogen-bond acceptors (Lipinski definition) is 22. The van der Waals surface area contributed by atoms with Crippen molar-refractivity contribution in [3.63, 3.8) is 0 Å². The van der Waals surface area contributed by atoms with E-state index in [1.54, 1.807) is 74.8 Å². The number of amides is 16. The Morgan fingerprint density at radius 1 is 0.558 bits per heavy atom. The van der Waals surface area contributed by atoms with Gasteiger partial charge >= 0.3 is 0 Å². The molecule has 3 aromatic carbocycles. The standard InChI is InChI=1S/C87H126N22O19S/c1-10-12-25-67-79(121)98-59(24-18-32-92-87(90)91)76(118)104-66(75(117)95-42-71(89)113)45-129-46-72(114)97-62(35-50-28-30-53(111)31-29-50)82(124)105(7)49(6)74(116)102-64(39-88)85(127)108-33-19-27-68(108)80(122)96-48(5)73(115)100-61(34-47(3)4)84(126)109-43-54(112)38-70(109)81(123)99-60(36-51-40-93-57-22-16-14-20-55(51)57)77(119)103-65(44-110)78(120)101-63(37-52-41-94-58-23-17-15-21-56(52)58)83(125)107(9)69(26-13-11-2)86(128)106(67)8/h14-17,20-23,28-31,40-41,47-49,54,59-70,93-94,110-112H,10-13,18-19,24-27,32-39,42-46,88H2,1-9H3,(H2,89,113)(H,95,117)(H,96,122)(H,97,114)(H,98,121)(H,99,123)(H,100,115)(H,101,120)(H,102,116)(H,103,119)(H,104,118)(H4,90,91,92)/t48-,49-,54+,59-,60-,61-,62-,63-,64-,65-,66-,67-,68-,69-,70-/m0/s1. The van der Waals surface area contributed by atoms with Crippen LogP contribution in [-0.2, 0) is 96.0 Å². The van der Waals surface area contributed by atoms with E-state index in [2.05, 4.69) is 68.5 Å². The first-order valence-corrected chi connectivity index (χ1v) is 44.8. The molecular weight excluding hydrogens is 1690 g/mol. The van der Waals surface area contributed by atoms with E-state index in [1.165, 1.54) is 64.2 Å². The Morgan fingerprint density at radius 2 is 1.09 bits per heavy atom. The fourth-order valence-electron chi connectivity index (χ4n) is 15.9. The first kappa shape index (κ1) is 102. The number of rotatable bonds is 23. The maximum atomic E-state index is 15.7. The number of unbranched alkanes of at least 4 members (excludes halogenated alkanes) is 2. The van der Waals surface area contributed by atoms with E-state index in [-0.39, 0.29) is 89.0 Å². The number of nitrogens with one attached hydrogen (secondary N) is 14. The SMILES string of the molecule is CCCC[C@H]1C(=O)N(C)[C@@H](CCCC)C(=O)N[C@@H](CCCNC(=N)N)C(=O)N[C@H](C(=O)NCC(N)=O)CSCC(=O)N[C@@H](Cc2ccc(O)cc2)C(=O)N(C)[C@@H](C)C(=O)N[C@@H](CN)C(=O)N2CCC[C@H]2C(=O)N[C@@H](C)C(=O)N[C@@H](CC(C)C)C(=O)N2C[C@H](O)C[C@H]2C(=O)N[C@@H](Cc2c[nH]c3ccccc23)C(=O)N[C@@H](CO)C(=O)N[C@@H](Cc2c[nH]c3ccccc23)C(=O)N1C. The number of thioether (sulfide) groups is 1. The Labute approximate surface area is 752 Å². The predicted molar refractivity (Wildman–Crippen MR) is 478 cm³/mol. The molecule has 129 heavy (non-hydrogen) atoms. The number of aromatic nitrogens is 2. The second-order valence-electron chi connectivity index (χ2n) is 33.4. The molecule has 0 unspecified atom stereocenters. The molecule has 0 bridgehead atoms. The molecule has 41 nitrogen and oxygen atoms in total. The molecule has 5 aromatic rings. The summed E-state index contributed by atoms with van der Waals surface area (Å²) in [6.07, 6.45) is 2.67. The number of carbonyl (C=O) groups excluding carboxylic acids is 16. The van der Waals surface area contributed by atoms with Gasteiger partial charge in [-0.05, 0) is 106 Å². The summed E-state index contributed by atoms with van der Waals surface area (Å²) < 4.78 is 0. The van der Waals surface area contributed by atoms with E-state index in [0.29, 0.717) is 70.6 Å². The Morgan fingerprint density at radius 3 is 1.70 bits per heavy atom. The number of likely N-dealkylation sites (N-methyl/N-ethyl adjacent to an activating group) is 3. The van der Waals surface area contributed by atoms with Crippen LogP contribution in [0.5, 0.6) is 5.75 Å². The fourth-order valence-corrected chi connectivity index (χ4v) is 16.8. The number of primary amides is 1. The lowest BCUT2D eigenvalue weighted by Crippen LogP contribution is -2.61. The lowest BCUT2D eigenvalue weighted by molar-refractivity contribution is -0.149. The number of phenols is 1. The van der Waals surface area contributed by atoms with Crippen molar-refractivity contribution >= 4 is 134 Å². The highest BCUT2D eigenvalue weighted by atomic mass is 32.2. The number of aliphatic hydroxyl groups excluding tert-OH is 2. The summed E-state index contributed by atoms with van der Waals surface area (Å²) in [6, 6.07) is -0.976. The first-order chi connectivity index (χ1) is 61.4. The molecule has 15 atom stereocenters. The molecule has 3 saturated heterocycles. The van der Waals surface area contributed by atoms with Gasteiger partial charge < -0.3 is 125 Å². The van der Waals surface area contributed by atoms with Gasteiger partial charge in [0.05, 0.1) is 25.0 Å². The van der Waals surface area contributed by atoms with Gasteiger partial charge in [0.15, 0.2) is 5.96 Å². The molecule has 42 heteroatoms. The number of nitrogens with zero attached hydrogens (tertiary/aromatic N) is 5. The molecule has 0 aliphatic carbocycles. The molecule has 8 rings (SSSR count). The summed E-state index contributed by atoms with van der Waals surface area (Å²) in [7, 11) is 3.97. The van der Waals surface area contributed by atoms with Crippen molar-refractivity contribution in [2.24, 2.45) is 23.1 Å². The minimum atomic E-state index is -1.87. The van der Waals surface area contributed by atoms with Crippen LogP contribution in [0.4, 0.5) is 0 Å². The van der Waals surface area contributed by atoms with E-state index >= 15 is 33.6 Å². The molecule has 0 spiro atoms. The summed E-state index contributed by atoms with van der Waals surface area (Å²) >= 11 is 0.787. The fraction of sp³-hybridized carbons (Fsp3) is 0.552. The Kier molecular flexibility index (Phi) is 38.5. The number of guanidine groups is 1. The maximum absolute atomic E-state index is 15.7. The predicted octanol–water partition coefficient (Wildman–Crippen LogP) is -2.79. The topological polar surface area (TPSA) is 616 Å². The molecule has 23 N–H and O–H groups in total. The van der Waals surface area contributed by atoms with Gasteiger partial charge in [-0.25, -0.2) is 0 Å². The number of aromatic hydroxyl groups is 1. The molecule has 0 saturated carbocycles. The van der Waals surface area contributed by atoms with Gasteiger partial charge in [0, 0.05) is 113 Å². The zero-order valence-electron chi connectivity index (χ0n) is 74.3. The lowest BCUT2D eigenvalue weighted by Gasteiger charge is -2.36. The van der Waals surface area contributed by atoms with Crippen LogP contribution in [0.15, 0.2) is 85.2 Å². The molecule has 16 amide bonds. The summed E-state index contributed by atoms with van der Waals surface area (Å²) in [6.45, 7) is 7.18. The van der Waals surface area contributed by atoms with Crippen LogP contribution in [0.3, 0.4) is 0 Å². The van der Waals surface area contributed by atoms with Crippen molar-refractivity contribution in [2.75, 3.05) is 72.0 Å². The highest BCUT2D eigenvalue weighted by molar-refractivity contribution is 8.00. The number of hydrogen-bond donors (Lipinski definition) is 20. The van der Waals surface area contributed by atoms with Crippen LogP contribution < -0.4 is 75.7 Å². The molecule has 3 aliphatic rings. The molecule has 704 valence electrons. The number of aromatic amines is 2. The van der Waals surface area contributed by atoms with E-state index in [9.17, 15) is 58.5 Å². The van der Waals surface area contributed by atoms with Crippen molar-refractivity contribution in [1.29, 1.82) is 5.41 Å². The number of phenolic OH excluding ortho intramolecular Hbond substituents is 1. The van der Waals surface area contributed by atoms with Gasteiger partial charge in [-0.2, -0.15) is 0 Å². The average molecular weight is 1820 g/mol. The Bertz CT molecular complexity index is 4820. The third-order valence-corrected chi connectivity index (χ3v) is 24.3. The van der Waals surface area contributed by atoms with E-state index < -0.39 is 229 Å². The molecule has 3 aliphatic heterocycles. The Hall–Kier alpha value is -12.4. The van der Waals surface area contributed by atoms with E-state index in [1.807, 2.05) is 13.8 Å². The van der Waals surface area contributed by atoms with Crippen molar-refractivity contribution < 1.29 is 92.0 Å². The molecule has 0 radical (unpaired) electrons. The summed E-state index contributed by atoms with van der Waals surface area (Å²) in [5.74, 6) is -16.0. The largest absolute Gasteiger partial charge is 0.508 e. The second-order valence-corrected chi connectivity index (χ2v) is 34.5. The van der Waals surface area contributed by atoms with Gasteiger partial charge in [0.25, 0.3) is 0 Å². The van der Waals surface area contributed by atoms with Crippen molar-refractivity contribution in [2.45, 2.75) is 229 Å². The maximum Gasteiger partial charge on any atom is 0.247 e. The van der Waals surface area contributed by atoms with E-state index in [4.69, 9.17) is 22.6 Å². The number of para-hydroxylation sites is 2. The van der Waals surface area contributed by atoms with Gasteiger partial charge in [-0.1, -0.05) is 102 Å². The monoisotopic (exact) mass is 1810 g/mol. The van der Waals surface area contributed by atoms with Crippen LogP contribution in [0.25, 0.3) is 21.8 Å². The zero-order valence-corrected chi connectivity index (χ0v) is 75.2. The van der Waals surface area contributed by atoms with Crippen LogP contribution in [-0.4, -0.2) is 313 Å². The quantitative estimate of drug-likeness (QED) is 0.0179. The van der Waals surface area contributed by atoms with Crippen LogP contribution in [0, 0.1) is 11.3 Å². The lowest BCUT2D eigenvalue weighted by atomic mass is 10.00. The van der Waals surface area contributed by atoms with Gasteiger partial charge in [-0.15, -0.1) is 11.8 Å². The van der Waals surface area contributed by atoms with Gasteiger partial charge in [0.2, 0.25) is 94.5 Å². The highest BCUT2D eigenvalue weighted by Crippen LogP contribution is 2.28. The second kappa shape index (κ2) is 48.7. The van der Waals surface area contributed by atoms with Crippen LogP contribution >= 0.6 is 11.8 Å².